The molecule has 3 heteroatoms. The fourth-order valence-corrected chi connectivity index (χ4v) is 2.08. The highest BCUT2D eigenvalue weighted by molar-refractivity contribution is 9.10. The zero-order valence-corrected chi connectivity index (χ0v) is 11.1. The summed E-state index contributed by atoms with van der Waals surface area (Å²) < 4.78 is 6.46. The quantitative estimate of drug-likeness (QED) is 0.885. The third-order valence-electron chi connectivity index (χ3n) is 2.43. The molecule has 0 aromatic heterocycles. The highest BCUT2D eigenvalue weighted by Crippen LogP contribution is 2.29. The van der Waals surface area contributed by atoms with Crippen molar-refractivity contribution in [2.24, 2.45) is 0 Å². The van der Waals surface area contributed by atoms with Crippen LogP contribution in [0.4, 0.5) is 0 Å². The van der Waals surface area contributed by atoms with Crippen molar-refractivity contribution in [3.8, 4) is 5.75 Å². The lowest BCUT2D eigenvalue weighted by Crippen LogP contribution is -2.20. The predicted molar refractivity (Wildman–Crippen MR) is 67.4 cm³/mol. The summed E-state index contributed by atoms with van der Waals surface area (Å²) in [6.07, 6.45) is 1.06. The average molecular weight is 272 g/mol. The van der Waals surface area contributed by atoms with Crippen LogP contribution in [0.1, 0.15) is 31.9 Å². The first kappa shape index (κ1) is 12.5. The van der Waals surface area contributed by atoms with E-state index in [1.165, 1.54) is 5.56 Å². The van der Waals surface area contributed by atoms with Gasteiger partial charge in [-0.1, -0.05) is 29.8 Å². The maximum Gasteiger partial charge on any atom is 0.123 e. The molecular weight excluding hydrogens is 254 g/mol. The second kappa shape index (κ2) is 6.13. The van der Waals surface area contributed by atoms with E-state index >= 15 is 0 Å². The zero-order chi connectivity index (χ0) is 11.3. The lowest BCUT2D eigenvalue weighted by molar-refractivity contribution is 0.398. The van der Waals surface area contributed by atoms with Crippen LogP contribution in [-0.4, -0.2) is 13.7 Å². The van der Waals surface area contributed by atoms with Crippen LogP contribution in [0.5, 0.6) is 5.75 Å². The summed E-state index contributed by atoms with van der Waals surface area (Å²) in [5.74, 6) is 0.950. The van der Waals surface area contributed by atoms with Crippen molar-refractivity contribution in [3.05, 3.63) is 28.2 Å². The predicted octanol–water partition coefficient (Wildman–Crippen LogP) is 3.52. The van der Waals surface area contributed by atoms with Crippen LogP contribution in [0, 0.1) is 0 Å². The van der Waals surface area contributed by atoms with E-state index in [2.05, 4.69) is 41.2 Å². The largest absolute Gasteiger partial charge is 0.496 e. The minimum atomic E-state index is 0.363. The van der Waals surface area contributed by atoms with Crippen molar-refractivity contribution < 1.29 is 4.74 Å². The fraction of sp³-hybridized carbons (Fsp3) is 0.500. The van der Waals surface area contributed by atoms with Crippen molar-refractivity contribution in [2.75, 3.05) is 13.7 Å². The van der Waals surface area contributed by atoms with Crippen LogP contribution in [0.3, 0.4) is 0 Å². The summed E-state index contributed by atoms with van der Waals surface area (Å²) in [6, 6.07) is 6.48. The van der Waals surface area contributed by atoms with Crippen molar-refractivity contribution in [3.63, 3.8) is 0 Å². The average Bonchev–Trinajstić information content (AvgIpc) is 2.26. The molecule has 1 atom stereocenters. The molecule has 1 unspecified atom stereocenters. The van der Waals surface area contributed by atoms with Gasteiger partial charge in [0.15, 0.2) is 0 Å². The van der Waals surface area contributed by atoms with E-state index in [1.807, 2.05) is 12.1 Å². The zero-order valence-electron chi connectivity index (χ0n) is 9.51. The molecule has 0 aliphatic heterocycles. The van der Waals surface area contributed by atoms with Crippen LogP contribution < -0.4 is 10.1 Å². The van der Waals surface area contributed by atoms with Crippen molar-refractivity contribution in [2.45, 2.75) is 26.3 Å². The maximum atomic E-state index is 5.37. The van der Waals surface area contributed by atoms with Gasteiger partial charge in [0, 0.05) is 16.1 Å². The molecule has 0 amide bonds. The highest BCUT2D eigenvalue weighted by atomic mass is 79.9. The second-order valence-corrected chi connectivity index (χ2v) is 4.32. The van der Waals surface area contributed by atoms with E-state index in [0.29, 0.717) is 6.04 Å². The minimum absolute atomic E-state index is 0.363. The first-order valence-electron chi connectivity index (χ1n) is 5.29. The molecule has 0 aliphatic carbocycles. The molecule has 0 bridgehead atoms. The van der Waals surface area contributed by atoms with E-state index in [9.17, 15) is 0 Å². The van der Waals surface area contributed by atoms with Gasteiger partial charge >= 0.3 is 0 Å². The van der Waals surface area contributed by atoms with Gasteiger partial charge in [0.25, 0.3) is 0 Å². The molecule has 15 heavy (non-hydrogen) atoms. The Morgan fingerprint density at radius 2 is 2.13 bits per heavy atom. The first-order chi connectivity index (χ1) is 7.22. The number of methoxy groups -OCH3 is 1. The van der Waals surface area contributed by atoms with E-state index in [0.717, 1.165) is 23.2 Å². The Labute approximate surface area is 100 Å². The van der Waals surface area contributed by atoms with Crippen molar-refractivity contribution in [1.29, 1.82) is 0 Å². The van der Waals surface area contributed by atoms with Gasteiger partial charge < -0.3 is 10.1 Å². The number of benzene rings is 1. The highest BCUT2D eigenvalue weighted by Gasteiger charge is 2.13. The van der Waals surface area contributed by atoms with E-state index in [1.54, 1.807) is 7.11 Å². The molecule has 0 heterocycles. The molecule has 1 aromatic carbocycles. The standard InChI is InChI=1S/C12H18BrNO/c1-4-11(14-5-2)10-8-9(13)6-7-12(10)15-3/h6-8,11,14H,4-5H2,1-3H3. The lowest BCUT2D eigenvalue weighted by Gasteiger charge is -2.19. The molecule has 0 saturated heterocycles. The first-order valence-corrected chi connectivity index (χ1v) is 6.09. The third-order valence-corrected chi connectivity index (χ3v) is 2.92. The Bertz CT molecular complexity index is 314. The Morgan fingerprint density at radius 3 is 2.67 bits per heavy atom. The monoisotopic (exact) mass is 271 g/mol. The number of hydrogen-bond acceptors (Lipinski definition) is 2. The summed E-state index contributed by atoms with van der Waals surface area (Å²) >= 11 is 3.49. The number of nitrogens with one attached hydrogen (secondary N) is 1. The molecule has 0 fully saturated rings. The Balaban J connectivity index is 3.02. The number of halogens is 1. The lowest BCUT2D eigenvalue weighted by atomic mass is 10.0. The smallest absolute Gasteiger partial charge is 0.123 e. The molecule has 84 valence electrons. The summed E-state index contributed by atoms with van der Waals surface area (Å²) in [7, 11) is 1.71. The van der Waals surface area contributed by atoms with Gasteiger partial charge in [0.1, 0.15) is 5.75 Å². The SMILES string of the molecule is CCNC(CC)c1cc(Br)ccc1OC. The van der Waals surface area contributed by atoms with E-state index < -0.39 is 0 Å². The summed E-state index contributed by atoms with van der Waals surface area (Å²) in [5, 5.41) is 3.45. The van der Waals surface area contributed by atoms with Gasteiger partial charge in [-0.15, -0.1) is 0 Å². The molecular formula is C12H18BrNO. The van der Waals surface area contributed by atoms with Crippen LogP contribution in [-0.2, 0) is 0 Å². The molecule has 0 spiro atoms. The molecule has 1 aromatic rings. The summed E-state index contributed by atoms with van der Waals surface area (Å²) in [5.41, 5.74) is 1.22. The number of hydrogen-bond donors (Lipinski definition) is 1. The van der Waals surface area contributed by atoms with Crippen LogP contribution in [0.15, 0.2) is 22.7 Å². The normalized spacial score (nSPS) is 12.5. The topological polar surface area (TPSA) is 21.3 Å². The van der Waals surface area contributed by atoms with Gasteiger partial charge in [0.05, 0.1) is 7.11 Å². The van der Waals surface area contributed by atoms with Crippen molar-refractivity contribution >= 4 is 15.9 Å². The molecule has 0 radical (unpaired) electrons. The minimum Gasteiger partial charge on any atom is -0.496 e. The fourth-order valence-electron chi connectivity index (χ4n) is 1.70. The molecule has 1 rings (SSSR count). The van der Waals surface area contributed by atoms with Gasteiger partial charge in [-0.2, -0.15) is 0 Å². The van der Waals surface area contributed by atoms with Crippen LogP contribution in [0.25, 0.3) is 0 Å². The van der Waals surface area contributed by atoms with Crippen molar-refractivity contribution in [1.82, 2.24) is 5.32 Å². The van der Waals surface area contributed by atoms with Gasteiger partial charge in [-0.05, 0) is 31.2 Å². The van der Waals surface area contributed by atoms with E-state index in [4.69, 9.17) is 4.74 Å². The molecule has 2 nitrogen and oxygen atoms in total. The summed E-state index contributed by atoms with van der Waals surface area (Å²) in [6.45, 7) is 5.26. The Hall–Kier alpha value is -0.540. The number of rotatable bonds is 5. The third kappa shape index (κ3) is 3.21. The molecule has 0 aliphatic rings. The summed E-state index contributed by atoms with van der Waals surface area (Å²) in [4.78, 5) is 0. The van der Waals surface area contributed by atoms with E-state index in [-0.39, 0.29) is 0 Å². The molecule has 1 N–H and O–H groups in total. The second-order valence-electron chi connectivity index (χ2n) is 3.40. The van der Waals surface area contributed by atoms with Gasteiger partial charge in [-0.3, -0.25) is 0 Å². The van der Waals surface area contributed by atoms with Gasteiger partial charge in [0.2, 0.25) is 0 Å². The van der Waals surface area contributed by atoms with Gasteiger partial charge in [-0.25, -0.2) is 0 Å². The Morgan fingerprint density at radius 1 is 1.40 bits per heavy atom. The molecule has 0 saturated carbocycles. The van der Waals surface area contributed by atoms with Crippen LogP contribution >= 0.6 is 15.9 Å². The maximum absolute atomic E-state index is 5.37. The Kier molecular flexibility index (Phi) is 5.12. The number of ether oxygens (including phenoxy) is 1. The van der Waals surface area contributed by atoms with Crippen LogP contribution in [0.2, 0.25) is 0 Å².